The molecule has 2 N–H and O–H groups in total. The summed E-state index contributed by atoms with van der Waals surface area (Å²) in [6.45, 7) is 0.583. The van der Waals surface area contributed by atoms with Crippen molar-refractivity contribution in [1.29, 1.82) is 0 Å². The van der Waals surface area contributed by atoms with Gasteiger partial charge in [0, 0.05) is 25.5 Å². The van der Waals surface area contributed by atoms with Gasteiger partial charge in [0.05, 0.1) is 11.3 Å². The first-order valence-electron chi connectivity index (χ1n) is 4.85. The van der Waals surface area contributed by atoms with Crippen molar-refractivity contribution in [1.82, 2.24) is 9.29 Å². The van der Waals surface area contributed by atoms with Crippen molar-refractivity contribution >= 4 is 16.0 Å². The van der Waals surface area contributed by atoms with Gasteiger partial charge >= 0.3 is 5.97 Å². The van der Waals surface area contributed by atoms with E-state index < -0.39 is 16.0 Å². The summed E-state index contributed by atoms with van der Waals surface area (Å²) in [4.78, 5) is 13.3. The molecule has 16 heavy (non-hydrogen) atoms. The van der Waals surface area contributed by atoms with Crippen LogP contribution in [-0.2, 0) is 14.8 Å². The minimum atomic E-state index is -3.42. The fraction of sp³-hybridized carbons (Fsp3) is 0.444. The van der Waals surface area contributed by atoms with Crippen LogP contribution in [0.25, 0.3) is 0 Å². The Kier molecular flexibility index (Phi) is 2.73. The van der Waals surface area contributed by atoms with Crippen molar-refractivity contribution in [2.45, 2.75) is 11.3 Å². The van der Waals surface area contributed by atoms with Gasteiger partial charge in [-0.25, -0.2) is 8.42 Å². The Balaban J connectivity index is 2.00. The largest absolute Gasteiger partial charge is 0.481 e. The molecule has 0 spiro atoms. The summed E-state index contributed by atoms with van der Waals surface area (Å²) in [5.41, 5.74) is 0. The standard InChI is InChI=1S/C9H12N2O4S/c12-9(13)3-7-5-11(6-7)16(14,15)8-1-2-10-4-8/h1-2,4,7,10H,3,5-6H2,(H,12,13). The van der Waals surface area contributed by atoms with Crippen LogP contribution < -0.4 is 0 Å². The van der Waals surface area contributed by atoms with E-state index in [1.807, 2.05) is 0 Å². The van der Waals surface area contributed by atoms with E-state index in [1.165, 1.54) is 16.6 Å². The molecule has 2 rings (SSSR count). The fourth-order valence-corrected chi connectivity index (χ4v) is 3.28. The van der Waals surface area contributed by atoms with Gasteiger partial charge in [-0.3, -0.25) is 4.79 Å². The molecule has 1 aliphatic heterocycles. The second kappa shape index (κ2) is 3.91. The van der Waals surface area contributed by atoms with Crippen LogP contribution in [-0.4, -0.2) is 41.9 Å². The molecule has 0 unspecified atom stereocenters. The number of nitrogens with one attached hydrogen (secondary N) is 1. The third kappa shape index (κ3) is 1.96. The smallest absolute Gasteiger partial charge is 0.303 e. The van der Waals surface area contributed by atoms with Crippen LogP contribution in [0, 0.1) is 5.92 Å². The van der Waals surface area contributed by atoms with Crippen LogP contribution in [0.5, 0.6) is 0 Å². The monoisotopic (exact) mass is 244 g/mol. The molecule has 88 valence electrons. The molecule has 0 aliphatic carbocycles. The predicted octanol–water partition coefficient (Wildman–Crippen LogP) is 0.110. The topological polar surface area (TPSA) is 90.5 Å². The number of aromatic nitrogens is 1. The molecule has 1 aromatic rings. The predicted molar refractivity (Wildman–Crippen MR) is 55.3 cm³/mol. The lowest BCUT2D eigenvalue weighted by molar-refractivity contribution is -0.139. The Hall–Kier alpha value is -1.34. The summed E-state index contributed by atoms with van der Waals surface area (Å²) in [5, 5.41) is 8.55. The van der Waals surface area contributed by atoms with E-state index in [1.54, 1.807) is 6.20 Å². The van der Waals surface area contributed by atoms with Gasteiger partial charge in [0.15, 0.2) is 0 Å². The van der Waals surface area contributed by atoms with E-state index in [9.17, 15) is 13.2 Å². The van der Waals surface area contributed by atoms with Crippen LogP contribution in [0.4, 0.5) is 0 Å². The second-order valence-corrected chi connectivity index (χ2v) is 5.77. The van der Waals surface area contributed by atoms with Crippen molar-refractivity contribution < 1.29 is 18.3 Å². The number of carboxylic acid groups (broad SMARTS) is 1. The average molecular weight is 244 g/mol. The highest BCUT2D eigenvalue weighted by molar-refractivity contribution is 7.89. The van der Waals surface area contributed by atoms with Gasteiger partial charge in [-0.05, 0) is 12.0 Å². The highest BCUT2D eigenvalue weighted by Crippen LogP contribution is 2.26. The first kappa shape index (κ1) is 11.2. The lowest BCUT2D eigenvalue weighted by Crippen LogP contribution is -2.50. The van der Waals surface area contributed by atoms with Crippen molar-refractivity contribution in [2.24, 2.45) is 5.92 Å². The van der Waals surface area contributed by atoms with Gasteiger partial charge in [0.2, 0.25) is 10.0 Å². The maximum absolute atomic E-state index is 11.9. The Morgan fingerprint density at radius 2 is 2.25 bits per heavy atom. The molecule has 0 saturated carbocycles. The number of carbonyl (C=O) groups is 1. The maximum atomic E-state index is 11.9. The quantitative estimate of drug-likeness (QED) is 0.786. The second-order valence-electron chi connectivity index (χ2n) is 3.83. The SMILES string of the molecule is O=C(O)CC1CN(S(=O)(=O)c2cc[nH]c2)C1. The molecule has 0 radical (unpaired) electrons. The van der Waals surface area contributed by atoms with Crippen LogP contribution in [0.1, 0.15) is 6.42 Å². The van der Waals surface area contributed by atoms with Gasteiger partial charge in [-0.2, -0.15) is 4.31 Å². The first-order chi connectivity index (χ1) is 7.50. The Morgan fingerprint density at radius 3 is 2.75 bits per heavy atom. The molecule has 1 aliphatic rings. The number of carboxylic acids is 1. The first-order valence-corrected chi connectivity index (χ1v) is 6.29. The lowest BCUT2D eigenvalue weighted by atomic mass is 10.00. The Bertz CT molecular complexity index is 474. The molecule has 6 nitrogen and oxygen atoms in total. The van der Waals surface area contributed by atoms with E-state index in [0.29, 0.717) is 13.1 Å². The number of hydrogen-bond acceptors (Lipinski definition) is 3. The molecule has 0 bridgehead atoms. The minimum Gasteiger partial charge on any atom is -0.481 e. The maximum Gasteiger partial charge on any atom is 0.303 e. The van der Waals surface area contributed by atoms with Gasteiger partial charge in [0.1, 0.15) is 0 Å². The zero-order chi connectivity index (χ0) is 11.8. The lowest BCUT2D eigenvalue weighted by Gasteiger charge is -2.36. The van der Waals surface area contributed by atoms with E-state index in [-0.39, 0.29) is 17.2 Å². The van der Waals surface area contributed by atoms with E-state index in [2.05, 4.69) is 4.98 Å². The molecule has 0 aromatic carbocycles. The third-order valence-corrected chi connectivity index (χ3v) is 4.42. The van der Waals surface area contributed by atoms with Gasteiger partial charge in [-0.15, -0.1) is 0 Å². The van der Waals surface area contributed by atoms with E-state index in [4.69, 9.17) is 5.11 Å². The van der Waals surface area contributed by atoms with E-state index >= 15 is 0 Å². The third-order valence-electron chi connectivity index (χ3n) is 2.59. The Labute approximate surface area is 92.9 Å². The van der Waals surface area contributed by atoms with Crippen LogP contribution in [0.2, 0.25) is 0 Å². The number of H-pyrrole nitrogens is 1. The fourth-order valence-electron chi connectivity index (χ4n) is 1.71. The van der Waals surface area contributed by atoms with Crippen molar-refractivity contribution in [3.05, 3.63) is 18.5 Å². The molecule has 7 heteroatoms. The van der Waals surface area contributed by atoms with Crippen LogP contribution in [0.15, 0.2) is 23.4 Å². The molecule has 1 fully saturated rings. The molecule has 1 saturated heterocycles. The Morgan fingerprint density at radius 1 is 1.56 bits per heavy atom. The summed E-state index contributed by atoms with van der Waals surface area (Å²) in [6, 6.07) is 1.49. The highest BCUT2D eigenvalue weighted by Gasteiger charge is 2.37. The summed E-state index contributed by atoms with van der Waals surface area (Å²) in [5.74, 6) is -0.949. The molecular weight excluding hydrogens is 232 g/mol. The average Bonchev–Trinajstić information content (AvgIpc) is 2.62. The molecule has 1 aromatic heterocycles. The zero-order valence-electron chi connectivity index (χ0n) is 8.46. The van der Waals surface area contributed by atoms with Gasteiger partial charge in [0.25, 0.3) is 0 Å². The summed E-state index contributed by atoms with van der Waals surface area (Å²) >= 11 is 0. The molecular formula is C9H12N2O4S. The van der Waals surface area contributed by atoms with Crippen molar-refractivity contribution in [3.8, 4) is 0 Å². The number of sulfonamides is 1. The minimum absolute atomic E-state index is 0.0269. The van der Waals surface area contributed by atoms with Crippen LogP contribution in [0.3, 0.4) is 0 Å². The highest BCUT2D eigenvalue weighted by atomic mass is 32.2. The summed E-state index contributed by atoms with van der Waals surface area (Å²) in [6.07, 6.45) is 2.99. The number of aromatic amines is 1. The molecule has 0 amide bonds. The van der Waals surface area contributed by atoms with Crippen LogP contribution >= 0.6 is 0 Å². The zero-order valence-corrected chi connectivity index (χ0v) is 9.27. The molecule has 2 heterocycles. The molecule has 0 atom stereocenters. The van der Waals surface area contributed by atoms with Crippen molar-refractivity contribution in [3.63, 3.8) is 0 Å². The number of rotatable bonds is 4. The normalized spacial score (nSPS) is 18.2. The number of nitrogens with zero attached hydrogens (tertiary/aromatic N) is 1. The van der Waals surface area contributed by atoms with Gasteiger partial charge in [-0.1, -0.05) is 0 Å². The number of hydrogen-bond donors (Lipinski definition) is 2. The van der Waals surface area contributed by atoms with E-state index in [0.717, 1.165) is 0 Å². The summed E-state index contributed by atoms with van der Waals surface area (Å²) < 4.78 is 25.0. The van der Waals surface area contributed by atoms with Crippen molar-refractivity contribution in [2.75, 3.05) is 13.1 Å². The van der Waals surface area contributed by atoms with Gasteiger partial charge < -0.3 is 10.1 Å². The summed E-state index contributed by atoms with van der Waals surface area (Å²) in [7, 11) is -3.42. The number of aliphatic carboxylic acids is 1.